The van der Waals surface area contributed by atoms with E-state index >= 15 is 0 Å². The van der Waals surface area contributed by atoms with Crippen molar-refractivity contribution in [2.75, 3.05) is 18.5 Å². The highest BCUT2D eigenvalue weighted by Gasteiger charge is 2.12. The van der Waals surface area contributed by atoms with Gasteiger partial charge in [0, 0.05) is 11.9 Å². The van der Waals surface area contributed by atoms with Crippen LogP contribution in [0, 0.1) is 6.92 Å². The minimum atomic E-state index is -0.695. The van der Waals surface area contributed by atoms with Crippen molar-refractivity contribution in [3.05, 3.63) is 48.0 Å². The molecule has 0 saturated heterocycles. The van der Waals surface area contributed by atoms with Crippen LogP contribution in [-0.4, -0.2) is 35.1 Å². The van der Waals surface area contributed by atoms with Gasteiger partial charge in [0.1, 0.15) is 5.75 Å². The molecule has 7 heteroatoms. The normalized spacial score (nSPS) is 10.0. The number of aromatic nitrogens is 2. The Balaban J connectivity index is 1.82. The molecule has 2 rings (SSSR count). The zero-order chi connectivity index (χ0) is 16.7. The highest BCUT2D eigenvalue weighted by atomic mass is 16.5. The first kappa shape index (κ1) is 16.4. The summed E-state index contributed by atoms with van der Waals surface area (Å²) in [7, 11) is 0. The third-order valence-electron chi connectivity index (χ3n) is 2.77. The number of hydrogen-bond donors (Lipinski definition) is 1. The standard InChI is InChI=1S/C16H17N3O4/c1-3-22-13-6-4-12(5-7-13)19-15(20)10-23-16(21)14-9-17-11(2)8-18-14/h4-9H,3,10H2,1-2H3,(H,19,20). The second kappa shape index (κ2) is 7.88. The fourth-order valence-electron chi connectivity index (χ4n) is 1.70. The summed E-state index contributed by atoms with van der Waals surface area (Å²) in [6, 6.07) is 6.90. The Morgan fingerprint density at radius 2 is 1.87 bits per heavy atom. The first-order chi connectivity index (χ1) is 11.1. The van der Waals surface area contributed by atoms with Crippen LogP contribution in [-0.2, 0) is 9.53 Å². The molecule has 7 nitrogen and oxygen atoms in total. The van der Waals surface area contributed by atoms with Gasteiger partial charge >= 0.3 is 5.97 Å². The maximum absolute atomic E-state index is 11.8. The molecule has 23 heavy (non-hydrogen) atoms. The predicted molar refractivity (Wildman–Crippen MR) is 83.3 cm³/mol. The van der Waals surface area contributed by atoms with Gasteiger partial charge in [-0.15, -0.1) is 0 Å². The van der Waals surface area contributed by atoms with Crippen LogP contribution in [0.25, 0.3) is 0 Å². The van der Waals surface area contributed by atoms with Gasteiger partial charge in [0.2, 0.25) is 0 Å². The first-order valence-corrected chi connectivity index (χ1v) is 7.07. The van der Waals surface area contributed by atoms with E-state index in [-0.39, 0.29) is 5.69 Å². The van der Waals surface area contributed by atoms with Crippen molar-refractivity contribution in [2.45, 2.75) is 13.8 Å². The molecule has 1 amide bonds. The van der Waals surface area contributed by atoms with Crippen molar-refractivity contribution in [3.63, 3.8) is 0 Å². The molecule has 0 unspecified atom stereocenters. The third kappa shape index (κ3) is 5.06. The lowest BCUT2D eigenvalue weighted by atomic mass is 10.3. The quantitative estimate of drug-likeness (QED) is 0.820. The smallest absolute Gasteiger partial charge is 0.359 e. The fourth-order valence-corrected chi connectivity index (χ4v) is 1.70. The third-order valence-corrected chi connectivity index (χ3v) is 2.77. The summed E-state index contributed by atoms with van der Waals surface area (Å²) in [6.07, 6.45) is 2.76. The van der Waals surface area contributed by atoms with Gasteiger partial charge in [-0.25, -0.2) is 9.78 Å². The number of nitrogens with zero attached hydrogens (tertiary/aromatic N) is 2. The van der Waals surface area contributed by atoms with E-state index in [0.717, 1.165) is 5.75 Å². The molecule has 1 heterocycles. The number of benzene rings is 1. The predicted octanol–water partition coefficient (Wildman–Crippen LogP) is 1.98. The molecule has 0 aliphatic rings. The van der Waals surface area contributed by atoms with Crippen molar-refractivity contribution in [3.8, 4) is 5.75 Å². The van der Waals surface area contributed by atoms with E-state index in [1.807, 2.05) is 6.92 Å². The number of carbonyl (C=O) groups excluding carboxylic acids is 2. The van der Waals surface area contributed by atoms with E-state index in [4.69, 9.17) is 9.47 Å². The lowest BCUT2D eigenvalue weighted by molar-refractivity contribution is -0.119. The SMILES string of the molecule is CCOc1ccc(NC(=O)COC(=O)c2cnc(C)cn2)cc1. The van der Waals surface area contributed by atoms with Crippen molar-refractivity contribution in [1.82, 2.24) is 9.97 Å². The molecule has 0 atom stereocenters. The minimum absolute atomic E-state index is 0.0597. The molecule has 0 aliphatic carbocycles. The summed E-state index contributed by atoms with van der Waals surface area (Å²) in [5.41, 5.74) is 1.34. The van der Waals surface area contributed by atoms with E-state index in [1.54, 1.807) is 31.2 Å². The summed E-state index contributed by atoms with van der Waals surface area (Å²) >= 11 is 0. The van der Waals surface area contributed by atoms with Gasteiger partial charge in [-0.3, -0.25) is 9.78 Å². The number of anilines is 1. The number of ether oxygens (including phenoxy) is 2. The van der Waals surface area contributed by atoms with Gasteiger partial charge in [0.05, 0.1) is 18.5 Å². The summed E-state index contributed by atoms with van der Waals surface area (Å²) < 4.78 is 10.2. The summed E-state index contributed by atoms with van der Waals surface area (Å²) in [4.78, 5) is 31.3. The average molecular weight is 315 g/mol. The van der Waals surface area contributed by atoms with Crippen LogP contribution in [0.3, 0.4) is 0 Å². The summed E-state index contributed by atoms with van der Waals surface area (Å²) in [6.45, 7) is 3.82. The van der Waals surface area contributed by atoms with Gasteiger partial charge in [-0.2, -0.15) is 0 Å². The van der Waals surface area contributed by atoms with Crippen LogP contribution in [0.4, 0.5) is 5.69 Å². The van der Waals surface area contributed by atoms with Crippen LogP contribution in [0.2, 0.25) is 0 Å². The second-order valence-electron chi connectivity index (χ2n) is 4.62. The number of amides is 1. The molecular formula is C16H17N3O4. The van der Waals surface area contributed by atoms with Crippen molar-refractivity contribution >= 4 is 17.6 Å². The molecule has 0 saturated carbocycles. The number of esters is 1. The highest BCUT2D eigenvalue weighted by Crippen LogP contribution is 2.15. The lowest BCUT2D eigenvalue weighted by Gasteiger charge is -2.07. The second-order valence-corrected chi connectivity index (χ2v) is 4.62. The zero-order valence-electron chi connectivity index (χ0n) is 12.9. The largest absolute Gasteiger partial charge is 0.494 e. The summed E-state index contributed by atoms with van der Waals surface area (Å²) in [5, 5.41) is 2.62. The van der Waals surface area contributed by atoms with E-state index in [9.17, 15) is 9.59 Å². The molecular weight excluding hydrogens is 298 g/mol. The Morgan fingerprint density at radius 3 is 2.48 bits per heavy atom. The van der Waals surface area contributed by atoms with Crippen LogP contribution < -0.4 is 10.1 Å². The van der Waals surface area contributed by atoms with E-state index < -0.39 is 18.5 Å². The van der Waals surface area contributed by atoms with Gasteiger partial charge < -0.3 is 14.8 Å². The van der Waals surface area contributed by atoms with Crippen LogP contribution in [0.5, 0.6) is 5.75 Å². The van der Waals surface area contributed by atoms with Crippen molar-refractivity contribution < 1.29 is 19.1 Å². The van der Waals surface area contributed by atoms with Crippen LogP contribution in [0.15, 0.2) is 36.7 Å². The Bertz CT molecular complexity index is 669. The number of aryl methyl sites for hydroxylation is 1. The molecule has 0 bridgehead atoms. The number of rotatable bonds is 6. The maximum atomic E-state index is 11.8. The van der Waals surface area contributed by atoms with Gasteiger partial charge in [0.25, 0.3) is 5.91 Å². The van der Waals surface area contributed by atoms with Crippen LogP contribution in [0.1, 0.15) is 23.1 Å². The fraction of sp³-hybridized carbons (Fsp3) is 0.250. The zero-order valence-corrected chi connectivity index (χ0v) is 12.9. The Hall–Kier alpha value is -2.96. The summed E-state index contributed by atoms with van der Waals surface area (Å²) in [5.74, 6) is -0.420. The Morgan fingerprint density at radius 1 is 1.13 bits per heavy atom. The van der Waals surface area contributed by atoms with E-state index in [0.29, 0.717) is 18.0 Å². The number of nitrogens with one attached hydrogen (secondary N) is 1. The number of carbonyl (C=O) groups is 2. The van der Waals surface area contributed by atoms with Crippen LogP contribution >= 0.6 is 0 Å². The number of hydrogen-bond acceptors (Lipinski definition) is 6. The molecule has 0 fully saturated rings. The topological polar surface area (TPSA) is 90.4 Å². The Labute approximate surface area is 133 Å². The molecule has 0 aliphatic heterocycles. The Kier molecular flexibility index (Phi) is 5.62. The molecule has 2 aromatic rings. The van der Waals surface area contributed by atoms with E-state index in [2.05, 4.69) is 15.3 Å². The van der Waals surface area contributed by atoms with Crippen molar-refractivity contribution in [1.29, 1.82) is 0 Å². The van der Waals surface area contributed by atoms with E-state index in [1.165, 1.54) is 12.4 Å². The van der Waals surface area contributed by atoms with Gasteiger partial charge in [-0.05, 0) is 38.1 Å². The molecule has 120 valence electrons. The highest BCUT2D eigenvalue weighted by molar-refractivity contribution is 5.94. The molecule has 0 radical (unpaired) electrons. The molecule has 1 N–H and O–H groups in total. The average Bonchev–Trinajstić information content (AvgIpc) is 2.55. The van der Waals surface area contributed by atoms with Gasteiger partial charge in [-0.1, -0.05) is 0 Å². The molecule has 1 aromatic heterocycles. The molecule has 0 spiro atoms. The minimum Gasteiger partial charge on any atom is -0.494 e. The maximum Gasteiger partial charge on any atom is 0.359 e. The molecule has 1 aromatic carbocycles. The van der Waals surface area contributed by atoms with Crippen molar-refractivity contribution in [2.24, 2.45) is 0 Å². The monoisotopic (exact) mass is 315 g/mol. The lowest BCUT2D eigenvalue weighted by Crippen LogP contribution is -2.21. The van der Waals surface area contributed by atoms with Gasteiger partial charge in [0.15, 0.2) is 12.3 Å². The first-order valence-electron chi connectivity index (χ1n) is 7.07.